The van der Waals surface area contributed by atoms with Gasteiger partial charge in [-0.3, -0.25) is 4.98 Å². The lowest BCUT2D eigenvalue weighted by Crippen LogP contribution is -2.30. The maximum atomic E-state index is 4.43. The van der Waals surface area contributed by atoms with E-state index in [1.165, 1.54) is 12.0 Å². The molecule has 1 aliphatic heterocycles. The molecule has 1 aromatic heterocycles. The van der Waals surface area contributed by atoms with Crippen LogP contribution in [0.3, 0.4) is 0 Å². The number of aryl methyl sites for hydroxylation is 2. The van der Waals surface area contributed by atoms with Gasteiger partial charge >= 0.3 is 0 Å². The minimum absolute atomic E-state index is 0.403. The number of hydrogen-bond donors (Lipinski definition) is 1. The third-order valence-corrected chi connectivity index (χ3v) is 4.66. The lowest BCUT2D eigenvalue weighted by molar-refractivity contribution is 0.638. The first-order valence-corrected chi connectivity index (χ1v) is 7.06. The Morgan fingerprint density at radius 3 is 2.56 bits per heavy atom. The van der Waals surface area contributed by atoms with Gasteiger partial charge in [-0.15, -0.1) is 0 Å². The maximum absolute atomic E-state index is 4.43. The lowest BCUT2D eigenvalue weighted by atomic mass is 9.97. The van der Waals surface area contributed by atoms with Crippen LogP contribution >= 0.6 is 11.8 Å². The summed E-state index contributed by atoms with van der Waals surface area (Å²) in [4.78, 5) is 4.43. The van der Waals surface area contributed by atoms with Crippen LogP contribution in [0.2, 0.25) is 0 Å². The van der Waals surface area contributed by atoms with Gasteiger partial charge in [-0.05, 0) is 57.2 Å². The molecule has 1 N–H and O–H groups in total. The lowest BCUT2D eigenvalue weighted by Gasteiger charge is -2.26. The number of pyridine rings is 1. The van der Waals surface area contributed by atoms with Crippen LogP contribution in [0, 0.1) is 13.8 Å². The summed E-state index contributed by atoms with van der Waals surface area (Å²) in [7, 11) is 0. The van der Waals surface area contributed by atoms with Crippen molar-refractivity contribution in [2.75, 3.05) is 19.3 Å². The predicted molar refractivity (Wildman–Crippen MR) is 71.1 cm³/mol. The molecule has 88 valence electrons. The molecule has 2 rings (SSSR count). The molecule has 0 saturated carbocycles. The fraction of sp³-hybridized carbons (Fsp3) is 0.615. The first-order valence-electron chi connectivity index (χ1n) is 5.84. The summed E-state index contributed by atoms with van der Waals surface area (Å²) in [6.07, 6.45) is 4.66. The van der Waals surface area contributed by atoms with E-state index < -0.39 is 0 Å². The topological polar surface area (TPSA) is 24.9 Å². The van der Waals surface area contributed by atoms with Crippen LogP contribution in [0.25, 0.3) is 0 Å². The molecule has 0 bridgehead atoms. The third-order valence-electron chi connectivity index (χ3n) is 3.31. The molecular formula is C13H20N2S. The van der Waals surface area contributed by atoms with Crippen molar-refractivity contribution in [1.29, 1.82) is 0 Å². The molecular weight excluding hydrogens is 216 g/mol. The van der Waals surface area contributed by atoms with E-state index in [9.17, 15) is 0 Å². The minimum Gasteiger partial charge on any atom is -0.315 e. The smallest absolute Gasteiger partial charge is 0.0378 e. The zero-order chi connectivity index (χ0) is 11.6. The highest BCUT2D eigenvalue weighted by atomic mass is 32.2. The van der Waals surface area contributed by atoms with Crippen LogP contribution in [0.15, 0.2) is 12.1 Å². The predicted octanol–water partition coefficient (Wildman–Crippen LogP) is 2.34. The molecule has 0 unspecified atom stereocenters. The van der Waals surface area contributed by atoms with Crippen molar-refractivity contribution in [3.63, 3.8) is 0 Å². The van der Waals surface area contributed by atoms with Crippen molar-refractivity contribution < 1.29 is 0 Å². The summed E-state index contributed by atoms with van der Waals surface area (Å²) in [6.45, 7) is 6.45. The third kappa shape index (κ3) is 2.58. The molecule has 0 radical (unpaired) electrons. The van der Waals surface area contributed by atoms with E-state index in [2.05, 4.69) is 42.5 Å². The minimum atomic E-state index is 0.403. The van der Waals surface area contributed by atoms with Crippen molar-refractivity contribution in [3.8, 4) is 0 Å². The van der Waals surface area contributed by atoms with Gasteiger partial charge in [-0.25, -0.2) is 0 Å². The van der Waals surface area contributed by atoms with Crippen LogP contribution in [0.1, 0.15) is 23.4 Å². The van der Waals surface area contributed by atoms with Gasteiger partial charge in [-0.2, -0.15) is 11.8 Å². The van der Waals surface area contributed by atoms with Gasteiger partial charge in [0.05, 0.1) is 0 Å². The highest BCUT2D eigenvalue weighted by molar-refractivity contribution is 8.00. The molecule has 1 saturated heterocycles. The highest BCUT2D eigenvalue weighted by Crippen LogP contribution is 2.33. The van der Waals surface area contributed by atoms with Gasteiger partial charge in [0.1, 0.15) is 0 Å². The molecule has 2 heterocycles. The second-order valence-electron chi connectivity index (χ2n) is 4.75. The summed E-state index contributed by atoms with van der Waals surface area (Å²) in [5, 5.41) is 3.48. The summed E-state index contributed by atoms with van der Waals surface area (Å²) >= 11 is 2.00. The Balaban J connectivity index is 2.18. The summed E-state index contributed by atoms with van der Waals surface area (Å²) in [5.74, 6) is 0. The largest absolute Gasteiger partial charge is 0.315 e. The van der Waals surface area contributed by atoms with Crippen LogP contribution in [0.4, 0.5) is 0 Å². The van der Waals surface area contributed by atoms with Gasteiger partial charge < -0.3 is 5.32 Å². The Bertz CT molecular complexity index is 350. The first kappa shape index (κ1) is 11.9. The van der Waals surface area contributed by atoms with Crippen molar-refractivity contribution in [2.24, 2.45) is 0 Å². The monoisotopic (exact) mass is 236 g/mol. The van der Waals surface area contributed by atoms with E-state index in [1.54, 1.807) is 0 Å². The number of nitrogens with zero attached hydrogens (tertiary/aromatic N) is 1. The standard InChI is InChI=1S/C13H20N2S/c1-10-6-12(7-11(2)15-10)8-13(16-3)4-5-14-9-13/h6-7,14H,4-5,8-9H2,1-3H3/t13-/m0/s1. The van der Waals surface area contributed by atoms with Crippen LogP contribution < -0.4 is 5.32 Å². The van der Waals surface area contributed by atoms with Crippen molar-refractivity contribution in [1.82, 2.24) is 10.3 Å². The molecule has 1 aliphatic rings. The van der Waals surface area contributed by atoms with Crippen LogP contribution in [-0.4, -0.2) is 29.1 Å². The summed E-state index contributed by atoms with van der Waals surface area (Å²) in [5.41, 5.74) is 3.71. The van der Waals surface area contributed by atoms with E-state index >= 15 is 0 Å². The molecule has 3 heteroatoms. The average Bonchev–Trinajstić information content (AvgIpc) is 2.65. The van der Waals surface area contributed by atoms with E-state index in [-0.39, 0.29) is 0 Å². The second kappa shape index (κ2) is 4.76. The molecule has 1 fully saturated rings. The Hall–Kier alpha value is -0.540. The zero-order valence-electron chi connectivity index (χ0n) is 10.3. The Morgan fingerprint density at radius 1 is 1.38 bits per heavy atom. The molecule has 16 heavy (non-hydrogen) atoms. The highest BCUT2D eigenvalue weighted by Gasteiger charge is 2.32. The van der Waals surface area contributed by atoms with Crippen LogP contribution in [0.5, 0.6) is 0 Å². The van der Waals surface area contributed by atoms with Crippen LogP contribution in [-0.2, 0) is 6.42 Å². The quantitative estimate of drug-likeness (QED) is 0.872. The second-order valence-corrected chi connectivity index (χ2v) is 6.02. The maximum Gasteiger partial charge on any atom is 0.0378 e. The van der Waals surface area contributed by atoms with Gasteiger partial charge in [0.2, 0.25) is 0 Å². The first-order chi connectivity index (χ1) is 7.63. The zero-order valence-corrected chi connectivity index (χ0v) is 11.2. The van der Waals surface area contributed by atoms with E-state index in [4.69, 9.17) is 0 Å². The van der Waals surface area contributed by atoms with E-state index in [1.807, 2.05) is 11.8 Å². The number of thioether (sulfide) groups is 1. The Morgan fingerprint density at radius 2 is 2.06 bits per heavy atom. The molecule has 1 atom stereocenters. The van der Waals surface area contributed by atoms with E-state index in [0.29, 0.717) is 4.75 Å². The normalized spacial score (nSPS) is 24.9. The molecule has 0 amide bonds. The van der Waals surface area contributed by atoms with E-state index in [0.717, 1.165) is 30.9 Å². The Labute approximate surface area is 102 Å². The fourth-order valence-electron chi connectivity index (χ4n) is 2.51. The molecule has 2 nitrogen and oxygen atoms in total. The number of hydrogen-bond acceptors (Lipinski definition) is 3. The SMILES string of the molecule is CS[C@]1(Cc2cc(C)nc(C)c2)CCNC1. The molecule has 0 spiro atoms. The van der Waals surface area contributed by atoms with Crippen molar-refractivity contribution in [3.05, 3.63) is 29.1 Å². The number of nitrogens with one attached hydrogen (secondary N) is 1. The van der Waals surface area contributed by atoms with Gasteiger partial charge in [-0.1, -0.05) is 0 Å². The number of rotatable bonds is 3. The molecule has 0 aliphatic carbocycles. The van der Waals surface area contributed by atoms with Crippen molar-refractivity contribution in [2.45, 2.75) is 31.4 Å². The summed E-state index contributed by atoms with van der Waals surface area (Å²) < 4.78 is 0.403. The molecule has 0 aromatic carbocycles. The Kier molecular flexibility index (Phi) is 3.55. The fourth-order valence-corrected chi connectivity index (χ4v) is 3.38. The number of aromatic nitrogens is 1. The van der Waals surface area contributed by atoms with Crippen molar-refractivity contribution >= 4 is 11.8 Å². The average molecular weight is 236 g/mol. The summed E-state index contributed by atoms with van der Waals surface area (Å²) in [6, 6.07) is 4.45. The van der Waals surface area contributed by atoms with Gasteiger partial charge in [0.15, 0.2) is 0 Å². The van der Waals surface area contributed by atoms with Gasteiger partial charge in [0.25, 0.3) is 0 Å². The van der Waals surface area contributed by atoms with Gasteiger partial charge in [0, 0.05) is 22.7 Å². The molecule has 1 aromatic rings.